The van der Waals surface area contributed by atoms with Crippen molar-refractivity contribution < 1.29 is 9.59 Å². The van der Waals surface area contributed by atoms with E-state index in [2.05, 4.69) is 24.4 Å². The Morgan fingerprint density at radius 2 is 1.69 bits per heavy atom. The maximum atomic E-state index is 13.2. The fourth-order valence-electron chi connectivity index (χ4n) is 4.25. The molecule has 0 radical (unpaired) electrons. The number of nitrogens with one attached hydrogen (secondary N) is 1. The van der Waals surface area contributed by atoms with Crippen LogP contribution in [-0.4, -0.2) is 34.6 Å². The lowest BCUT2D eigenvalue weighted by atomic mass is 10.1. The Labute approximate surface area is 171 Å². The van der Waals surface area contributed by atoms with Crippen LogP contribution in [0.5, 0.6) is 0 Å². The zero-order valence-corrected chi connectivity index (χ0v) is 16.9. The van der Waals surface area contributed by atoms with Crippen LogP contribution in [0.25, 0.3) is 0 Å². The van der Waals surface area contributed by atoms with Gasteiger partial charge < -0.3 is 10.2 Å². The molecule has 0 saturated heterocycles. The molecule has 1 fully saturated rings. The fraction of sp³-hybridized carbons (Fsp3) is 0.375. The van der Waals surface area contributed by atoms with E-state index >= 15 is 0 Å². The molecule has 1 saturated carbocycles. The van der Waals surface area contributed by atoms with Gasteiger partial charge >= 0.3 is 0 Å². The number of aliphatic imine (C=N–C) groups is 1. The summed E-state index contributed by atoms with van der Waals surface area (Å²) in [4.78, 5) is 32.4. The van der Waals surface area contributed by atoms with E-state index in [1.165, 1.54) is 5.56 Å². The van der Waals surface area contributed by atoms with E-state index in [4.69, 9.17) is 4.99 Å². The lowest BCUT2D eigenvalue weighted by molar-refractivity contribution is -0.134. The Balaban J connectivity index is 1.45. The summed E-state index contributed by atoms with van der Waals surface area (Å²) in [5.41, 5.74) is 3.08. The van der Waals surface area contributed by atoms with Crippen LogP contribution in [0.1, 0.15) is 49.3 Å². The summed E-state index contributed by atoms with van der Waals surface area (Å²) < 4.78 is 0. The maximum Gasteiger partial charge on any atom is 0.275 e. The van der Waals surface area contributed by atoms with Crippen LogP contribution >= 0.6 is 0 Å². The van der Waals surface area contributed by atoms with Crippen LogP contribution in [0.2, 0.25) is 0 Å². The second kappa shape index (κ2) is 8.19. The number of carbonyl (C=O) groups excluding carboxylic acids is 2. The number of hydrogen-bond donors (Lipinski definition) is 1. The van der Waals surface area contributed by atoms with Gasteiger partial charge in [0, 0.05) is 12.1 Å². The number of aryl methyl sites for hydroxylation is 1. The molecular weight excluding hydrogens is 362 g/mol. The first kappa shape index (κ1) is 19.4. The molecule has 150 valence electrons. The number of amides is 2. The monoisotopic (exact) mass is 389 g/mol. The maximum absolute atomic E-state index is 13.2. The van der Waals surface area contributed by atoms with E-state index in [1.54, 1.807) is 4.90 Å². The van der Waals surface area contributed by atoms with Crippen molar-refractivity contribution in [1.82, 2.24) is 10.2 Å². The van der Waals surface area contributed by atoms with Gasteiger partial charge in [-0.1, -0.05) is 61.5 Å². The predicted octanol–water partition coefficient (Wildman–Crippen LogP) is 3.47. The molecule has 2 aromatic carbocycles. The average Bonchev–Trinajstić information content (AvgIpc) is 3.34. The zero-order chi connectivity index (χ0) is 20.3. The molecule has 5 nitrogen and oxygen atoms in total. The summed E-state index contributed by atoms with van der Waals surface area (Å²) in [6.45, 7) is 2.63. The third-order valence-corrected chi connectivity index (χ3v) is 5.94. The van der Waals surface area contributed by atoms with Gasteiger partial charge in [-0.25, -0.2) is 0 Å². The van der Waals surface area contributed by atoms with Crippen molar-refractivity contribution in [2.45, 2.75) is 51.2 Å². The molecular formula is C24H27N3O2. The molecule has 1 aliphatic carbocycles. The number of hydrogen-bond acceptors (Lipinski definition) is 3. The van der Waals surface area contributed by atoms with Gasteiger partial charge in [-0.05, 0) is 43.2 Å². The van der Waals surface area contributed by atoms with Crippen molar-refractivity contribution >= 4 is 17.5 Å². The molecule has 2 amide bonds. The molecule has 1 N–H and O–H groups in total. The Bertz CT molecular complexity index is 913. The molecule has 0 bridgehead atoms. The second-order valence-electron chi connectivity index (χ2n) is 7.85. The van der Waals surface area contributed by atoms with Gasteiger partial charge in [-0.3, -0.25) is 14.6 Å². The van der Waals surface area contributed by atoms with Crippen molar-refractivity contribution in [3.63, 3.8) is 0 Å². The Morgan fingerprint density at radius 3 is 2.34 bits per heavy atom. The number of rotatable bonds is 6. The van der Waals surface area contributed by atoms with Crippen molar-refractivity contribution in [2.75, 3.05) is 6.54 Å². The highest BCUT2D eigenvalue weighted by atomic mass is 16.2. The SMILES string of the molecule is CCc1ccc(CNC(=O)CN2C(=O)C(c3ccccc3)=NC23CCCC3)cc1. The van der Waals surface area contributed by atoms with E-state index in [-0.39, 0.29) is 18.4 Å². The minimum atomic E-state index is -0.553. The highest BCUT2D eigenvalue weighted by Gasteiger charge is 2.49. The Morgan fingerprint density at radius 1 is 1.03 bits per heavy atom. The molecule has 0 atom stereocenters. The van der Waals surface area contributed by atoms with Crippen molar-refractivity contribution in [2.24, 2.45) is 4.99 Å². The number of nitrogens with zero attached hydrogens (tertiary/aromatic N) is 2. The lowest BCUT2D eigenvalue weighted by Gasteiger charge is -2.32. The Hall–Kier alpha value is -2.95. The van der Waals surface area contributed by atoms with Crippen LogP contribution in [-0.2, 0) is 22.6 Å². The first-order chi connectivity index (χ1) is 14.1. The van der Waals surface area contributed by atoms with Crippen molar-refractivity contribution in [3.05, 3.63) is 71.3 Å². The van der Waals surface area contributed by atoms with E-state index in [0.29, 0.717) is 12.3 Å². The molecule has 4 rings (SSSR count). The first-order valence-electron chi connectivity index (χ1n) is 10.4. The minimum absolute atomic E-state index is 0.0473. The molecule has 5 heteroatoms. The third kappa shape index (κ3) is 3.95. The van der Waals surface area contributed by atoms with Gasteiger partial charge in [0.2, 0.25) is 5.91 Å². The fourth-order valence-corrected chi connectivity index (χ4v) is 4.25. The third-order valence-electron chi connectivity index (χ3n) is 5.94. The van der Waals surface area contributed by atoms with E-state index < -0.39 is 5.66 Å². The minimum Gasteiger partial charge on any atom is -0.350 e. The quantitative estimate of drug-likeness (QED) is 0.822. The summed E-state index contributed by atoms with van der Waals surface area (Å²) in [6, 6.07) is 17.8. The van der Waals surface area contributed by atoms with Gasteiger partial charge in [0.1, 0.15) is 17.9 Å². The molecule has 0 unspecified atom stereocenters. The molecule has 2 aliphatic rings. The van der Waals surface area contributed by atoms with Crippen molar-refractivity contribution in [1.29, 1.82) is 0 Å². The van der Waals surface area contributed by atoms with E-state index in [9.17, 15) is 9.59 Å². The summed E-state index contributed by atoms with van der Waals surface area (Å²) >= 11 is 0. The van der Waals surface area contributed by atoms with Crippen LogP contribution in [0.4, 0.5) is 0 Å². The van der Waals surface area contributed by atoms with Gasteiger partial charge in [-0.2, -0.15) is 0 Å². The average molecular weight is 389 g/mol. The summed E-state index contributed by atoms with van der Waals surface area (Å²) in [5, 5.41) is 2.96. The molecule has 1 aliphatic heterocycles. The molecule has 0 aromatic heterocycles. The smallest absolute Gasteiger partial charge is 0.275 e. The molecule has 2 aromatic rings. The van der Waals surface area contributed by atoms with E-state index in [1.807, 2.05) is 42.5 Å². The molecule has 1 spiro atoms. The topological polar surface area (TPSA) is 61.8 Å². The summed E-state index contributed by atoms with van der Waals surface area (Å²) in [7, 11) is 0. The largest absolute Gasteiger partial charge is 0.350 e. The van der Waals surface area contributed by atoms with Gasteiger partial charge in [0.05, 0.1) is 0 Å². The lowest BCUT2D eigenvalue weighted by Crippen LogP contribution is -2.49. The van der Waals surface area contributed by atoms with Crippen LogP contribution in [0, 0.1) is 0 Å². The first-order valence-corrected chi connectivity index (χ1v) is 10.4. The normalized spacial score (nSPS) is 17.6. The van der Waals surface area contributed by atoms with Crippen LogP contribution in [0.15, 0.2) is 59.6 Å². The zero-order valence-electron chi connectivity index (χ0n) is 16.9. The standard InChI is InChI=1S/C24H27N3O2/c1-2-18-10-12-19(13-11-18)16-25-21(28)17-27-23(29)22(20-8-4-3-5-9-20)26-24(27)14-6-7-15-24/h3-5,8-13H,2,6-7,14-17H2,1H3,(H,25,28). The highest BCUT2D eigenvalue weighted by molar-refractivity contribution is 6.47. The van der Waals surface area contributed by atoms with Crippen molar-refractivity contribution in [3.8, 4) is 0 Å². The second-order valence-corrected chi connectivity index (χ2v) is 7.85. The summed E-state index contributed by atoms with van der Waals surface area (Å²) in [6.07, 6.45) is 4.69. The number of carbonyl (C=O) groups is 2. The van der Waals surface area contributed by atoms with Gasteiger partial charge in [0.15, 0.2) is 0 Å². The Kier molecular flexibility index (Phi) is 5.47. The summed E-state index contributed by atoms with van der Waals surface area (Å²) in [5.74, 6) is -0.283. The van der Waals surface area contributed by atoms with Gasteiger partial charge in [0.25, 0.3) is 5.91 Å². The molecule has 1 heterocycles. The predicted molar refractivity (Wildman–Crippen MR) is 114 cm³/mol. The highest BCUT2D eigenvalue weighted by Crippen LogP contribution is 2.40. The van der Waals surface area contributed by atoms with Crippen LogP contribution < -0.4 is 5.32 Å². The number of benzene rings is 2. The van der Waals surface area contributed by atoms with Crippen LogP contribution in [0.3, 0.4) is 0 Å². The molecule has 29 heavy (non-hydrogen) atoms. The van der Waals surface area contributed by atoms with Gasteiger partial charge in [-0.15, -0.1) is 0 Å². The van der Waals surface area contributed by atoms with E-state index in [0.717, 1.165) is 43.2 Å².